The molecule has 0 amide bonds. The van der Waals surface area contributed by atoms with Gasteiger partial charge in [-0.05, 0) is 22.2 Å². The average Bonchev–Trinajstić information content (AvgIpc) is 3.01. The van der Waals surface area contributed by atoms with Crippen LogP contribution in [0.3, 0.4) is 0 Å². The Morgan fingerprint density at radius 1 is 1.00 bits per heavy atom. The monoisotopic (exact) mass is 276 g/mol. The van der Waals surface area contributed by atoms with Gasteiger partial charge in [0.05, 0.1) is 11.3 Å². The summed E-state index contributed by atoms with van der Waals surface area (Å²) in [4.78, 5) is 0.901. The molecule has 0 radical (unpaired) electrons. The molecule has 0 spiro atoms. The largest absolute Gasteiger partial charge is 0.397 e. The van der Waals surface area contributed by atoms with Gasteiger partial charge in [0, 0.05) is 10.4 Å². The highest BCUT2D eigenvalue weighted by Crippen LogP contribution is 2.29. The molecule has 3 aromatic rings. The third-order valence-electron chi connectivity index (χ3n) is 3.23. The lowest BCUT2D eigenvalue weighted by molar-refractivity contribution is 1.51. The Kier molecular flexibility index (Phi) is 3.24. The molecule has 0 fully saturated rings. The van der Waals surface area contributed by atoms with Crippen molar-refractivity contribution < 1.29 is 0 Å². The Labute approximate surface area is 121 Å². The molecule has 0 saturated carbocycles. The van der Waals surface area contributed by atoms with Gasteiger partial charge in [-0.1, -0.05) is 48.5 Å². The maximum atomic E-state index is 9.42. The van der Waals surface area contributed by atoms with E-state index >= 15 is 0 Å². The molecule has 0 bridgehead atoms. The van der Waals surface area contributed by atoms with Gasteiger partial charge in [-0.25, -0.2) is 0 Å². The van der Waals surface area contributed by atoms with Crippen molar-refractivity contribution in [3.05, 3.63) is 70.4 Å². The molecular weight excluding hydrogens is 264 g/mol. The van der Waals surface area contributed by atoms with E-state index in [0.29, 0.717) is 11.3 Å². The van der Waals surface area contributed by atoms with Gasteiger partial charge in [0.2, 0.25) is 0 Å². The highest BCUT2D eigenvalue weighted by atomic mass is 32.1. The number of hydrogen-bond donors (Lipinski definition) is 1. The fourth-order valence-electron chi connectivity index (χ4n) is 2.26. The van der Waals surface area contributed by atoms with E-state index in [-0.39, 0.29) is 0 Å². The lowest BCUT2D eigenvalue weighted by atomic mass is 9.99. The van der Waals surface area contributed by atoms with Gasteiger partial charge in [-0.3, -0.25) is 0 Å². The lowest BCUT2D eigenvalue weighted by Gasteiger charge is -2.08. The van der Waals surface area contributed by atoms with Gasteiger partial charge in [-0.15, -0.1) is 11.3 Å². The zero-order valence-corrected chi connectivity index (χ0v) is 11.5. The first-order valence-corrected chi connectivity index (χ1v) is 7.11. The number of rotatable bonds is 2. The van der Waals surface area contributed by atoms with E-state index < -0.39 is 0 Å². The van der Waals surface area contributed by atoms with Crippen molar-refractivity contribution in [1.82, 2.24) is 0 Å². The highest BCUT2D eigenvalue weighted by Gasteiger charge is 2.11. The summed E-state index contributed by atoms with van der Waals surface area (Å²) in [5, 5.41) is 13.6. The number of nitrogens with two attached hydrogens (primary N) is 1. The van der Waals surface area contributed by atoms with Crippen LogP contribution in [-0.2, 0) is 0 Å². The minimum Gasteiger partial charge on any atom is -0.397 e. The molecule has 0 saturated heterocycles. The van der Waals surface area contributed by atoms with Crippen molar-refractivity contribution in [2.24, 2.45) is 5.73 Å². The minimum atomic E-state index is 0.534. The van der Waals surface area contributed by atoms with E-state index in [9.17, 15) is 5.26 Å². The number of nitrogens with zero attached hydrogens (tertiary/aromatic N) is 1. The quantitative estimate of drug-likeness (QED) is 0.711. The third kappa shape index (κ3) is 2.07. The molecule has 0 aliphatic heterocycles. The van der Waals surface area contributed by atoms with Gasteiger partial charge in [0.1, 0.15) is 6.07 Å². The van der Waals surface area contributed by atoms with Crippen LogP contribution in [0.2, 0.25) is 0 Å². The second-order valence-corrected chi connectivity index (χ2v) is 5.35. The molecule has 2 aromatic carbocycles. The molecule has 0 aliphatic carbocycles. The Bertz CT molecular complexity index is 818. The maximum Gasteiger partial charge on any atom is 0.103 e. The van der Waals surface area contributed by atoms with Crippen LogP contribution in [-0.4, -0.2) is 0 Å². The summed E-state index contributed by atoms with van der Waals surface area (Å²) in [5.74, 6) is 0. The van der Waals surface area contributed by atoms with E-state index in [1.165, 1.54) is 11.3 Å². The molecule has 3 heteroatoms. The molecule has 2 nitrogen and oxygen atoms in total. The normalized spacial score (nSPS) is 11.9. The van der Waals surface area contributed by atoms with Crippen LogP contribution < -0.4 is 5.73 Å². The summed E-state index contributed by atoms with van der Waals surface area (Å²) in [7, 11) is 0. The lowest BCUT2D eigenvalue weighted by Crippen LogP contribution is -2.00. The van der Waals surface area contributed by atoms with Crippen LogP contribution in [0, 0.1) is 11.3 Å². The van der Waals surface area contributed by atoms with Crippen molar-refractivity contribution in [3.63, 3.8) is 0 Å². The molecule has 1 aromatic heterocycles. The standard InChI is InChI=1S/C17H12N2S/c18-11-15(16-9-4-10-20-16)17(19)14-8-3-6-12-5-1-2-7-13(12)14/h1-10H,19H2/b17-15-. The van der Waals surface area contributed by atoms with Crippen LogP contribution >= 0.6 is 11.3 Å². The molecule has 0 unspecified atom stereocenters. The van der Waals surface area contributed by atoms with Crippen LogP contribution in [0.1, 0.15) is 10.4 Å². The summed E-state index contributed by atoms with van der Waals surface area (Å²) in [5.41, 5.74) is 8.25. The molecule has 0 atom stereocenters. The number of benzene rings is 2. The van der Waals surface area contributed by atoms with Crippen molar-refractivity contribution >= 4 is 33.4 Å². The Morgan fingerprint density at radius 3 is 2.55 bits per heavy atom. The Morgan fingerprint density at radius 2 is 1.80 bits per heavy atom. The second-order valence-electron chi connectivity index (χ2n) is 4.40. The number of fused-ring (bicyclic) bond motifs is 1. The Hall–Kier alpha value is -2.57. The van der Waals surface area contributed by atoms with Crippen LogP contribution in [0.4, 0.5) is 0 Å². The molecule has 96 valence electrons. The van der Waals surface area contributed by atoms with Crippen molar-refractivity contribution in [2.75, 3.05) is 0 Å². The zero-order chi connectivity index (χ0) is 13.9. The van der Waals surface area contributed by atoms with E-state index in [4.69, 9.17) is 5.73 Å². The van der Waals surface area contributed by atoms with Crippen molar-refractivity contribution in [2.45, 2.75) is 0 Å². The molecule has 20 heavy (non-hydrogen) atoms. The number of thiophene rings is 1. The topological polar surface area (TPSA) is 49.8 Å². The predicted molar refractivity (Wildman–Crippen MR) is 84.9 cm³/mol. The number of allylic oxidation sites excluding steroid dienone is 1. The summed E-state index contributed by atoms with van der Waals surface area (Å²) in [6, 6.07) is 20.1. The Balaban J connectivity index is 2.27. The third-order valence-corrected chi connectivity index (χ3v) is 4.12. The molecule has 1 heterocycles. The number of nitriles is 1. The van der Waals surface area contributed by atoms with Gasteiger partial charge in [0.25, 0.3) is 0 Å². The highest BCUT2D eigenvalue weighted by molar-refractivity contribution is 7.11. The summed E-state index contributed by atoms with van der Waals surface area (Å²) >= 11 is 1.52. The molecular formula is C17H12N2S. The SMILES string of the molecule is N#C/C(=C(/N)c1cccc2ccccc12)c1cccs1. The predicted octanol–water partition coefficient (Wildman–Crippen LogP) is 4.25. The van der Waals surface area contributed by atoms with Gasteiger partial charge in [-0.2, -0.15) is 5.26 Å². The van der Waals surface area contributed by atoms with Gasteiger partial charge in [0.15, 0.2) is 0 Å². The fraction of sp³-hybridized carbons (Fsp3) is 0. The molecule has 2 N–H and O–H groups in total. The molecule has 0 aliphatic rings. The number of hydrogen-bond acceptors (Lipinski definition) is 3. The summed E-state index contributed by atoms with van der Waals surface area (Å²) in [6.45, 7) is 0. The van der Waals surface area contributed by atoms with Crippen LogP contribution in [0.15, 0.2) is 60.0 Å². The second kappa shape index (κ2) is 5.20. The van der Waals surface area contributed by atoms with E-state index in [1.807, 2.05) is 60.0 Å². The maximum absolute atomic E-state index is 9.42. The average molecular weight is 276 g/mol. The van der Waals surface area contributed by atoms with Crippen LogP contribution in [0.25, 0.3) is 22.0 Å². The summed E-state index contributed by atoms with van der Waals surface area (Å²) < 4.78 is 0. The van der Waals surface area contributed by atoms with E-state index in [0.717, 1.165) is 21.2 Å². The van der Waals surface area contributed by atoms with Gasteiger partial charge < -0.3 is 5.73 Å². The van der Waals surface area contributed by atoms with Crippen molar-refractivity contribution in [1.29, 1.82) is 5.26 Å². The molecule has 3 rings (SSSR count). The van der Waals surface area contributed by atoms with Gasteiger partial charge >= 0.3 is 0 Å². The van der Waals surface area contributed by atoms with E-state index in [2.05, 4.69) is 6.07 Å². The fourth-order valence-corrected chi connectivity index (χ4v) is 3.00. The minimum absolute atomic E-state index is 0.534. The van der Waals surface area contributed by atoms with E-state index in [1.54, 1.807) is 0 Å². The summed E-state index contributed by atoms with van der Waals surface area (Å²) in [6.07, 6.45) is 0. The first-order valence-electron chi connectivity index (χ1n) is 6.23. The van der Waals surface area contributed by atoms with Crippen LogP contribution in [0.5, 0.6) is 0 Å². The first-order chi connectivity index (χ1) is 9.81. The first kappa shape index (κ1) is 12.5. The smallest absolute Gasteiger partial charge is 0.103 e. The zero-order valence-electron chi connectivity index (χ0n) is 10.7. The van der Waals surface area contributed by atoms with Crippen molar-refractivity contribution in [3.8, 4) is 6.07 Å².